The first kappa shape index (κ1) is 11.9. The average molecular weight is 316 g/mol. The predicted molar refractivity (Wildman–Crippen MR) is 78.1 cm³/mol. The van der Waals surface area contributed by atoms with Gasteiger partial charge in [-0.1, -0.05) is 6.07 Å². The predicted octanol–water partition coefficient (Wildman–Crippen LogP) is 3.14. The lowest BCUT2D eigenvalue weighted by Gasteiger charge is -2.05. The van der Waals surface area contributed by atoms with E-state index in [9.17, 15) is 4.79 Å². The van der Waals surface area contributed by atoms with Gasteiger partial charge in [0.2, 0.25) is 0 Å². The van der Waals surface area contributed by atoms with Gasteiger partial charge in [0.1, 0.15) is 0 Å². The molecule has 19 heavy (non-hydrogen) atoms. The molecular formula is C14H10BrN3O. The molecule has 2 heterocycles. The minimum Gasteiger partial charge on any atom is -0.398 e. The Labute approximate surface area is 117 Å². The third-order valence-corrected chi connectivity index (χ3v) is 3.89. The topological polar surface area (TPSA) is 71.8 Å². The molecule has 0 amide bonds. The molecule has 0 fully saturated rings. The second-order valence-electron chi connectivity index (χ2n) is 4.16. The van der Waals surface area contributed by atoms with Gasteiger partial charge in [0.05, 0.1) is 4.47 Å². The molecule has 4 nitrogen and oxygen atoms in total. The van der Waals surface area contributed by atoms with E-state index in [1.807, 2.05) is 6.07 Å². The summed E-state index contributed by atoms with van der Waals surface area (Å²) in [5, 5.41) is 0.807. The molecule has 94 valence electrons. The number of aromatic amines is 1. The molecule has 0 spiro atoms. The summed E-state index contributed by atoms with van der Waals surface area (Å²) < 4.78 is 0.623. The molecule has 3 aromatic rings. The zero-order chi connectivity index (χ0) is 13.4. The van der Waals surface area contributed by atoms with Crippen LogP contribution in [-0.4, -0.2) is 15.8 Å². The van der Waals surface area contributed by atoms with Crippen molar-refractivity contribution in [1.29, 1.82) is 0 Å². The quantitative estimate of drug-likeness (QED) is 0.563. The number of pyridine rings is 1. The summed E-state index contributed by atoms with van der Waals surface area (Å²) in [5.74, 6) is -0.0848. The molecule has 0 aliphatic rings. The molecule has 0 bridgehead atoms. The fourth-order valence-corrected chi connectivity index (χ4v) is 2.47. The van der Waals surface area contributed by atoms with Gasteiger partial charge in [-0.25, -0.2) is 0 Å². The number of nitrogen functional groups attached to an aromatic ring is 1. The molecule has 0 radical (unpaired) electrons. The van der Waals surface area contributed by atoms with Crippen LogP contribution in [0.25, 0.3) is 10.9 Å². The van der Waals surface area contributed by atoms with Crippen molar-refractivity contribution in [3.63, 3.8) is 0 Å². The van der Waals surface area contributed by atoms with Gasteiger partial charge in [0, 0.05) is 46.3 Å². The van der Waals surface area contributed by atoms with Gasteiger partial charge in [-0.15, -0.1) is 0 Å². The number of anilines is 1. The highest BCUT2D eigenvalue weighted by Gasteiger charge is 2.17. The summed E-state index contributed by atoms with van der Waals surface area (Å²) in [4.78, 5) is 19.7. The lowest BCUT2D eigenvalue weighted by atomic mass is 10.0. The normalized spacial score (nSPS) is 10.8. The minimum atomic E-state index is -0.0848. The highest BCUT2D eigenvalue weighted by Crippen LogP contribution is 2.28. The maximum absolute atomic E-state index is 12.6. The van der Waals surface area contributed by atoms with Crippen molar-refractivity contribution in [3.8, 4) is 0 Å². The molecular weight excluding hydrogens is 306 g/mol. The van der Waals surface area contributed by atoms with E-state index in [0.717, 1.165) is 10.9 Å². The lowest BCUT2D eigenvalue weighted by Crippen LogP contribution is -2.03. The first-order valence-corrected chi connectivity index (χ1v) is 6.47. The van der Waals surface area contributed by atoms with Crippen LogP contribution in [0.3, 0.4) is 0 Å². The van der Waals surface area contributed by atoms with E-state index in [0.29, 0.717) is 21.3 Å². The maximum atomic E-state index is 12.6. The third kappa shape index (κ3) is 1.92. The second-order valence-corrected chi connectivity index (χ2v) is 4.95. The molecule has 3 rings (SSSR count). The molecule has 0 unspecified atom stereocenters. The Morgan fingerprint density at radius 1 is 1.26 bits per heavy atom. The van der Waals surface area contributed by atoms with E-state index in [1.165, 1.54) is 0 Å². The van der Waals surface area contributed by atoms with E-state index in [2.05, 4.69) is 25.9 Å². The number of H-pyrrole nitrogens is 1. The Balaban J connectivity index is 2.17. The number of carbonyl (C=O) groups is 1. The fourth-order valence-electron chi connectivity index (χ4n) is 2.02. The van der Waals surface area contributed by atoms with Crippen LogP contribution in [0.5, 0.6) is 0 Å². The van der Waals surface area contributed by atoms with Crippen LogP contribution in [0, 0.1) is 0 Å². The summed E-state index contributed by atoms with van der Waals surface area (Å²) >= 11 is 3.36. The number of fused-ring (bicyclic) bond motifs is 1. The maximum Gasteiger partial charge on any atom is 0.196 e. The number of halogens is 1. The summed E-state index contributed by atoms with van der Waals surface area (Å²) in [6, 6.07) is 7.09. The smallest absolute Gasteiger partial charge is 0.196 e. The van der Waals surface area contributed by atoms with Gasteiger partial charge in [0.15, 0.2) is 5.78 Å². The van der Waals surface area contributed by atoms with Crippen molar-refractivity contribution in [2.24, 2.45) is 0 Å². The fraction of sp³-hybridized carbons (Fsp3) is 0. The summed E-state index contributed by atoms with van der Waals surface area (Å²) in [5.41, 5.74) is 8.38. The SMILES string of the molecule is Nc1cccc(C(=O)c2c[nH]c3ccncc23)c1Br. The monoisotopic (exact) mass is 315 g/mol. The van der Waals surface area contributed by atoms with E-state index in [1.54, 1.807) is 36.8 Å². The van der Waals surface area contributed by atoms with Crippen LogP contribution in [0.1, 0.15) is 15.9 Å². The largest absolute Gasteiger partial charge is 0.398 e. The molecule has 0 saturated heterocycles. The highest BCUT2D eigenvalue weighted by molar-refractivity contribution is 9.10. The van der Waals surface area contributed by atoms with Crippen LogP contribution in [0.15, 0.2) is 47.3 Å². The van der Waals surface area contributed by atoms with E-state index in [4.69, 9.17) is 5.73 Å². The Kier molecular flexibility index (Phi) is 2.83. The Morgan fingerprint density at radius 2 is 2.11 bits per heavy atom. The minimum absolute atomic E-state index is 0.0848. The number of carbonyl (C=O) groups excluding carboxylic acids is 1. The van der Waals surface area contributed by atoms with E-state index >= 15 is 0 Å². The first-order chi connectivity index (χ1) is 9.18. The number of nitrogens with two attached hydrogens (primary N) is 1. The number of rotatable bonds is 2. The number of aromatic nitrogens is 2. The number of hydrogen-bond donors (Lipinski definition) is 2. The van der Waals surface area contributed by atoms with Crippen molar-refractivity contribution in [2.45, 2.75) is 0 Å². The Hall–Kier alpha value is -2.14. The van der Waals surface area contributed by atoms with Crippen molar-refractivity contribution < 1.29 is 4.79 Å². The van der Waals surface area contributed by atoms with Gasteiger partial charge < -0.3 is 10.7 Å². The van der Waals surface area contributed by atoms with Crippen molar-refractivity contribution >= 4 is 38.3 Å². The number of benzene rings is 1. The zero-order valence-electron chi connectivity index (χ0n) is 9.85. The number of nitrogens with zero attached hydrogens (tertiary/aromatic N) is 1. The summed E-state index contributed by atoms with van der Waals surface area (Å²) in [7, 11) is 0. The molecule has 0 aliphatic carbocycles. The van der Waals surface area contributed by atoms with Crippen LogP contribution < -0.4 is 5.73 Å². The van der Waals surface area contributed by atoms with E-state index < -0.39 is 0 Å². The zero-order valence-corrected chi connectivity index (χ0v) is 11.4. The van der Waals surface area contributed by atoms with Gasteiger partial charge >= 0.3 is 0 Å². The first-order valence-electron chi connectivity index (χ1n) is 5.68. The van der Waals surface area contributed by atoms with Crippen LogP contribution in [0.2, 0.25) is 0 Å². The molecule has 0 saturated carbocycles. The van der Waals surface area contributed by atoms with Crippen molar-refractivity contribution in [2.75, 3.05) is 5.73 Å². The van der Waals surface area contributed by atoms with Gasteiger partial charge in [-0.2, -0.15) is 0 Å². The highest BCUT2D eigenvalue weighted by atomic mass is 79.9. The van der Waals surface area contributed by atoms with Crippen LogP contribution in [0.4, 0.5) is 5.69 Å². The molecule has 2 aromatic heterocycles. The van der Waals surface area contributed by atoms with Gasteiger partial charge in [0.25, 0.3) is 0 Å². The lowest BCUT2D eigenvalue weighted by molar-refractivity contribution is 0.103. The molecule has 0 aliphatic heterocycles. The number of nitrogens with one attached hydrogen (secondary N) is 1. The second kappa shape index (κ2) is 4.51. The molecule has 1 aromatic carbocycles. The Bertz CT molecular complexity index is 779. The molecule has 3 N–H and O–H groups in total. The van der Waals surface area contributed by atoms with Crippen LogP contribution in [-0.2, 0) is 0 Å². The van der Waals surface area contributed by atoms with Crippen LogP contribution >= 0.6 is 15.9 Å². The molecule has 0 atom stereocenters. The van der Waals surface area contributed by atoms with Gasteiger partial charge in [-0.05, 0) is 34.1 Å². The average Bonchev–Trinajstić information content (AvgIpc) is 2.85. The third-order valence-electron chi connectivity index (χ3n) is 3.00. The summed E-state index contributed by atoms with van der Waals surface area (Å²) in [6.45, 7) is 0. The van der Waals surface area contributed by atoms with Crippen molar-refractivity contribution in [1.82, 2.24) is 9.97 Å². The van der Waals surface area contributed by atoms with Crippen molar-refractivity contribution in [3.05, 3.63) is 58.5 Å². The number of ketones is 1. The van der Waals surface area contributed by atoms with E-state index in [-0.39, 0.29) is 5.78 Å². The number of hydrogen-bond acceptors (Lipinski definition) is 3. The standard InChI is InChI=1S/C14H10BrN3O/c15-13-8(2-1-3-11(13)16)14(19)10-7-18-12-4-5-17-6-9(10)12/h1-7,18H,16H2. The Morgan fingerprint density at radius 3 is 2.95 bits per heavy atom. The van der Waals surface area contributed by atoms with Gasteiger partial charge in [-0.3, -0.25) is 9.78 Å². The molecule has 5 heteroatoms. The summed E-state index contributed by atoms with van der Waals surface area (Å²) in [6.07, 6.45) is 5.06.